The Kier molecular flexibility index (Phi) is 3.94. The van der Waals surface area contributed by atoms with Crippen LogP contribution < -0.4 is 5.32 Å². The van der Waals surface area contributed by atoms with E-state index in [0.717, 1.165) is 25.7 Å². The molecule has 0 aromatic carbocycles. The first-order valence-electron chi connectivity index (χ1n) is 6.89. The molecule has 2 aliphatic rings. The molecule has 5 heteroatoms. The molecule has 1 aromatic rings. The van der Waals surface area contributed by atoms with Crippen LogP contribution in [0.1, 0.15) is 17.1 Å². The summed E-state index contributed by atoms with van der Waals surface area (Å²) in [5.74, 6) is 0. The fourth-order valence-corrected chi connectivity index (χ4v) is 3.61. The Bertz CT molecular complexity index is 386. The minimum absolute atomic E-state index is 0.770. The second-order valence-electron chi connectivity index (χ2n) is 5.32. The highest BCUT2D eigenvalue weighted by Gasteiger charge is 2.28. The Labute approximate surface area is 113 Å². The first-order chi connectivity index (χ1) is 8.81. The van der Waals surface area contributed by atoms with E-state index in [4.69, 9.17) is 0 Å². The van der Waals surface area contributed by atoms with Crippen molar-refractivity contribution in [2.75, 3.05) is 39.3 Å². The zero-order valence-corrected chi connectivity index (χ0v) is 11.9. The number of hydrogen-bond acceptors (Lipinski definition) is 5. The molecule has 1 unspecified atom stereocenters. The van der Waals surface area contributed by atoms with Gasteiger partial charge < -0.3 is 5.32 Å². The lowest BCUT2D eigenvalue weighted by Crippen LogP contribution is -2.49. The molecular formula is C13H22N4S. The molecular weight excluding hydrogens is 244 g/mol. The number of nitrogens with zero attached hydrogens (tertiary/aromatic N) is 3. The van der Waals surface area contributed by atoms with E-state index < -0.39 is 0 Å². The van der Waals surface area contributed by atoms with Gasteiger partial charge in [0.15, 0.2) is 0 Å². The van der Waals surface area contributed by atoms with Crippen molar-refractivity contribution in [3.8, 4) is 0 Å². The first kappa shape index (κ1) is 12.5. The van der Waals surface area contributed by atoms with Crippen molar-refractivity contribution in [1.29, 1.82) is 0 Å². The van der Waals surface area contributed by atoms with Crippen molar-refractivity contribution in [2.45, 2.75) is 25.9 Å². The van der Waals surface area contributed by atoms with Crippen LogP contribution in [0, 0.1) is 6.92 Å². The summed E-state index contributed by atoms with van der Waals surface area (Å²) >= 11 is 1.76. The molecule has 0 saturated carbocycles. The quantitative estimate of drug-likeness (QED) is 0.882. The van der Waals surface area contributed by atoms with Crippen LogP contribution in [0.5, 0.6) is 0 Å². The van der Waals surface area contributed by atoms with Crippen LogP contribution in [0.25, 0.3) is 0 Å². The Morgan fingerprint density at radius 1 is 1.39 bits per heavy atom. The average Bonchev–Trinajstić information content (AvgIpc) is 3.01. The number of thiazole rings is 1. The maximum atomic E-state index is 4.56. The topological polar surface area (TPSA) is 31.4 Å². The standard InChI is InChI=1S/C13H22N4S/c1-11-15-12(10-18-11)8-16-5-2-13(9-16)17-6-3-14-4-7-17/h10,13-14H,2-9H2,1H3. The molecule has 2 aliphatic heterocycles. The van der Waals surface area contributed by atoms with E-state index in [2.05, 4.69) is 32.4 Å². The van der Waals surface area contributed by atoms with E-state index in [0.29, 0.717) is 0 Å². The summed E-state index contributed by atoms with van der Waals surface area (Å²) in [6.07, 6.45) is 1.32. The summed E-state index contributed by atoms with van der Waals surface area (Å²) < 4.78 is 0. The van der Waals surface area contributed by atoms with Crippen molar-refractivity contribution >= 4 is 11.3 Å². The summed E-state index contributed by atoms with van der Waals surface area (Å²) in [5.41, 5.74) is 1.25. The molecule has 2 saturated heterocycles. The largest absolute Gasteiger partial charge is 0.314 e. The number of aromatic nitrogens is 1. The normalized spacial score (nSPS) is 26.8. The van der Waals surface area contributed by atoms with Crippen molar-refractivity contribution in [3.63, 3.8) is 0 Å². The summed E-state index contributed by atoms with van der Waals surface area (Å²) in [7, 11) is 0. The maximum Gasteiger partial charge on any atom is 0.0897 e. The SMILES string of the molecule is Cc1nc(CN2CCC(N3CCNCC3)C2)cs1. The van der Waals surface area contributed by atoms with Gasteiger partial charge in [0, 0.05) is 57.2 Å². The zero-order chi connectivity index (χ0) is 12.4. The second-order valence-corrected chi connectivity index (χ2v) is 6.38. The van der Waals surface area contributed by atoms with Crippen LogP contribution in [-0.2, 0) is 6.54 Å². The number of nitrogens with one attached hydrogen (secondary N) is 1. The summed E-state index contributed by atoms with van der Waals surface area (Å²) in [6, 6.07) is 0.770. The first-order valence-corrected chi connectivity index (χ1v) is 7.77. The van der Waals surface area contributed by atoms with Gasteiger partial charge in [0.25, 0.3) is 0 Å². The van der Waals surface area contributed by atoms with Gasteiger partial charge in [0.2, 0.25) is 0 Å². The molecule has 0 spiro atoms. The van der Waals surface area contributed by atoms with Crippen LogP contribution in [0.4, 0.5) is 0 Å². The molecule has 1 N–H and O–H groups in total. The van der Waals surface area contributed by atoms with Gasteiger partial charge in [0.05, 0.1) is 10.7 Å². The van der Waals surface area contributed by atoms with Crippen LogP contribution in [0.15, 0.2) is 5.38 Å². The van der Waals surface area contributed by atoms with E-state index in [9.17, 15) is 0 Å². The van der Waals surface area contributed by atoms with Gasteiger partial charge in [0.1, 0.15) is 0 Å². The van der Waals surface area contributed by atoms with Gasteiger partial charge in [-0.05, 0) is 13.3 Å². The zero-order valence-electron chi connectivity index (χ0n) is 11.1. The Morgan fingerprint density at radius 2 is 2.22 bits per heavy atom. The second kappa shape index (κ2) is 5.65. The van der Waals surface area contributed by atoms with Crippen LogP contribution in [0.3, 0.4) is 0 Å². The van der Waals surface area contributed by atoms with Crippen molar-refractivity contribution in [1.82, 2.24) is 20.1 Å². The molecule has 0 bridgehead atoms. The third-order valence-corrected chi connectivity index (χ3v) is 4.79. The summed E-state index contributed by atoms with van der Waals surface area (Å²) in [6.45, 7) is 10.3. The van der Waals surface area contributed by atoms with Gasteiger partial charge in [-0.1, -0.05) is 0 Å². The highest BCUT2D eigenvalue weighted by molar-refractivity contribution is 7.09. The molecule has 4 nitrogen and oxygen atoms in total. The van der Waals surface area contributed by atoms with Gasteiger partial charge in [-0.3, -0.25) is 9.80 Å². The lowest BCUT2D eigenvalue weighted by Gasteiger charge is -2.32. The van der Waals surface area contributed by atoms with Crippen LogP contribution in [-0.4, -0.2) is 60.1 Å². The van der Waals surface area contributed by atoms with Gasteiger partial charge in [-0.2, -0.15) is 0 Å². The number of piperazine rings is 1. The fourth-order valence-electron chi connectivity index (χ4n) is 3.01. The fraction of sp³-hybridized carbons (Fsp3) is 0.769. The lowest BCUT2D eigenvalue weighted by atomic mass is 10.2. The highest BCUT2D eigenvalue weighted by atomic mass is 32.1. The van der Waals surface area contributed by atoms with Gasteiger partial charge in [-0.15, -0.1) is 11.3 Å². The maximum absolute atomic E-state index is 4.56. The molecule has 0 aliphatic carbocycles. The predicted octanol–water partition coefficient (Wildman–Crippen LogP) is 0.931. The molecule has 0 radical (unpaired) electrons. The Balaban J connectivity index is 1.51. The third-order valence-electron chi connectivity index (χ3n) is 3.97. The van der Waals surface area contributed by atoms with E-state index in [1.54, 1.807) is 11.3 Å². The third kappa shape index (κ3) is 2.91. The molecule has 2 fully saturated rings. The number of aryl methyl sites for hydroxylation is 1. The smallest absolute Gasteiger partial charge is 0.0897 e. The number of hydrogen-bond donors (Lipinski definition) is 1. The molecule has 3 rings (SSSR count). The average molecular weight is 266 g/mol. The predicted molar refractivity (Wildman–Crippen MR) is 75.0 cm³/mol. The van der Waals surface area contributed by atoms with Gasteiger partial charge in [-0.25, -0.2) is 4.98 Å². The highest BCUT2D eigenvalue weighted by Crippen LogP contribution is 2.19. The lowest BCUT2D eigenvalue weighted by molar-refractivity contribution is 0.170. The Hall–Kier alpha value is -0.490. The van der Waals surface area contributed by atoms with E-state index in [1.807, 2.05) is 0 Å². The Morgan fingerprint density at radius 3 is 2.94 bits per heavy atom. The molecule has 18 heavy (non-hydrogen) atoms. The molecule has 1 aromatic heterocycles. The minimum atomic E-state index is 0.770. The van der Waals surface area contributed by atoms with Crippen molar-refractivity contribution < 1.29 is 0 Å². The molecule has 3 heterocycles. The number of likely N-dealkylation sites (tertiary alicyclic amines) is 1. The number of rotatable bonds is 3. The molecule has 0 amide bonds. The van der Waals surface area contributed by atoms with E-state index >= 15 is 0 Å². The van der Waals surface area contributed by atoms with E-state index in [1.165, 1.54) is 43.3 Å². The van der Waals surface area contributed by atoms with E-state index in [-0.39, 0.29) is 0 Å². The summed E-state index contributed by atoms with van der Waals surface area (Å²) in [4.78, 5) is 9.78. The van der Waals surface area contributed by atoms with Crippen molar-refractivity contribution in [2.24, 2.45) is 0 Å². The monoisotopic (exact) mass is 266 g/mol. The van der Waals surface area contributed by atoms with Crippen LogP contribution >= 0.6 is 11.3 Å². The molecule has 100 valence electrons. The summed E-state index contributed by atoms with van der Waals surface area (Å²) in [5, 5.41) is 6.81. The minimum Gasteiger partial charge on any atom is -0.314 e. The van der Waals surface area contributed by atoms with Crippen molar-refractivity contribution in [3.05, 3.63) is 16.1 Å². The van der Waals surface area contributed by atoms with Crippen LogP contribution in [0.2, 0.25) is 0 Å². The van der Waals surface area contributed by atoms with Gasteiger partial charge >= 0.3 is 0 Å². The molecule has 1 atom stereocenters.